The highest BCUT2D eigenvalue weighted by Crippen LogP contribution is 2.29. The fourth-order valence-electron chi connectivity index (χ4n) is 3.22. The van der Waals surface area contributed by atoms with Crippen molar-refractivity contribution in [3.63, 3.8) is 0 Å². The average molecular weight is 317 g/mol. The van der Waals surface area contributed by atoms with Crippen molar-refractivity contribution in [3.05, 3.63) is 17.5 Å². The Balaban J connectivity index is 2.37. The van der Waals surface area contributed by atoms with Gasteiger partial charge in [-0.3, -0.25) is 4.57 Å². The molecule has 0 spiro atoms. The van der Waals surface area contributed by atoms with E-state index < -0.39 is 0 Å². The second kappa shape index (κ2) is 6.77. The molecule has 1 aromatic rings. The molecule has 1 fully saturated rings. The van der Waals surface area contributed by atoms with Crippen molar-refractivity contribution < 1.29 is 0 Å². The summed E-state index contributed by atoms with van der Waals surface area (Å²) in [6.45, 7) is 14.8. The average Bonchev–Trinajstić information content (AvgIpc) is 2.81. The summed E-state index contributed by atoms with van der Waals surface area (Å²) >= 11 is 0. The van der Waals surface area contributed by atoms with Gasteiger partial charge in [0.25, 0.3) is 0 Å². The number of aliphatic imine (C=N–C) groups is 1. The number of nitrogen functional groups attached to an aromatic ring is 1. The second-order valence-electron chi connectivity index (χ2n) is 7.34. The van der Waals surface area contributed by atoms with E-state index in [4.69, 9.17) is 10.7 Å². The lowest BCUT2D eigenvalue weighted by molar-refractivity contribution is 0.340. The summed E-state index contributed by atoms with van der Waals surface area (Å²) in [6, 6.07) is 0. The van der Waals surface area contributed by atoms with E-state index in [1.165, 1.54) is 19.3 Å². The second-order valence-corrected chi connectivity index (χ2v) is 7.34. The summed E-state index contributed by atoms with van der Waals surface area (Å²) in [5, 5.41) is 0. The lowest BCUT2D eigenvalue weighted by Gasteiger charge is -2.28. The minimum absolute atomic E-state index is 0.0338. The van der Waals surface area contributed by atoms with Crippen molar-refractivity contribution in [1.29, 1.82) is 0 Å². The van der Waals surface area contributed by atoms with Crippen molar-refractivity contribution in [1.82, 2.24) is 14.5 Å². The van der Waals surface area contributed by atoms with Crippen molar-refractivity contribution in [2.45, 2.75) is 66.2 Å². The van der Waals surface area contributed by atoms with Gasteiger partial charge in [-0.25, -0.2) is 9.98 Å². The van der Waals surface area contributed by atoms with Gasteiger partial charge in [0, 0.05) is 24.2 Å². The fourth-order valence-corrected chi connectivity index (χ4v) is 3.22. The van der Waals surface area contributed by atoms with E-state index in [1.54, 1.807) is 0 Å². The van der Waals surface area contributed by atoms with Crippen LogP contribution in [0.2, 0.25) is 0 Å². The fraction of sp³-hybridized carbons (Fsp3) is 0.667. The third-order valence-corrected chi connectivity index (χ3v) is 4.42. The van der Waals surface area contributed by atoms with E-state index in [0.29, 0.717) is 5.95 Å². The number of allylic oxidation sites excluding steroid dienone is 1. The van der Waals surface area contributed by atoms with Gasteiger partial charge >= 0.3 is 0 Å². The molecule has 0 aliphatic carbocycles. The van der Waals surface area contributed by atoms with Crippen molar-refractivity contribution >= 4 is 17.6 Å². The Morgan fingerprint density at radius 3 is 2.30 bits per heavy atom. The minimum Gasteiger partial charge on any atom is -0.369 e. The standard InChI is InChI=1S/C18H31N5/c1-7-15(20-14(3)22-11-9-8-10-12-22)23-13(2)16(18(4,5)6)21-17(23)19/h7H,8-12H2,1-6H3,(H2,19,21)/b15-7+,20-14?. The molecule has 1 aliphatic heterocycles. The van der Waals surface area contributed by atoms with Crippen LogP contribution in [-0.4, -0.2) is 33.4 Å². The Morgan fingerprint density at radius 1 is 1.22 bits per heavy atom. The van der Waals surface area contributed by atoms with Crippen molar-refractivity contribution in [2.24, 2.45) is 4.99 Å². The van der Waals surface area contributed by atoms with Gasteiger partial charge in [-0.15, -0.1) is 0 Å². The van der Waals surface area contributed by atoms with E-state index in [0.717, 1.165) is 36.1 Å². The van der Waals surface area contributed by atoms with Crippen LogP contribution < -0.4 is 5.73 Å². The van der Waals surface area contributed by atoms with Crippen LogP contribution >= 0.6 is 0 Å². The van der Waals surface area contributed by atoms with Crippen molar-refractivity contribution in [2.75, 3.05) is 18.8 Å². The van der Waals surface area contributed by atoms with Crippen LogP contribution in [0.4, 0.5) is 5.95 Å². The number of anilines is 1. The molecule has 2 rings (SSSR count). The number of amidine groups is 1. The molecule has 128 valence electrons. The number of imidazole rings is 1. The zero-order chi connectivity index (χ0) is 17.2. The molecule has 0 aromatic carbocycles. The van der Waals surface area contributed by atoms with Crippen LogP contribution in [0.15, 0.2) is 11.1 Å². The summed E-state index contributed by atoms with van der Waals surface area (Å²) in [4.78, 5) is 11.8. The number of piperidine rings is 1. The molecule has 23 heavy (non-hydrogen) atoms. The van der Waals surface area contributed by atoms with Crippen LogP contribution in [0.1, 0.15) is 65.3 Å². The Labute approximate surface area is 140 Å². The molecule has 0 unspecified atom stereocenters. The summed E-state index contributed by atoms with van der Waals surface area (Å²) in [7, 11) is 0. The topological polar surface area (TPSA) is 59.4 Å². The number of nitrogens with two attached hydrogens (primary N) is 1. The molecule has 0 amide bonds. The van der Waals surface area contributed by atoms with Gasteiger partial charge in [0.15, 0.2) is 0 Å². The highest BCUT2D eigenvalue weighted by Gasteiger charge is 2.24. The molecule has 1 aliphatic rings. The highest BCUT2D eigenvalue weighted by atomic mass is 15.3. The van der Waals surface area contributed by atoms with Crippen LogP contribution in [-0.2, 0) is 5.41 Å². The van der Waals surface area contributed by atoms with E-state index in [-0.39, 0.29) is 5.41 Å². The smallest absolute Gasteiger partial charge is 0.206 e. The van der Waals surface area contributed by atoms with Gasteiger partial charge in [0.2, 0.25) is 5.95 Å². The molecule has 1 aromatic heterocycles. The van der Waals surface area contributed by atoms with E-state index in [1.807, 2.05) is 17.6 Å². The maximum atomic E-state index is 6.20. The molecular weight excluding hydrogens is 286 g/mol. The molecule has 0 saturated carbocycles. The lowest BCUT2D eigenvalue weighted by atomic mass is 9.91. The molecule has 0 atom stereocenters. The van der Waals surface area contributed by atoms with Crippen LogP contribution in [0.3, 0.4) is 0 Å². The maximum absolute atomic E-state index is 6.20. The number of aromatic nitrogens is 2. The summed E-state index contributed by atoms with van der Waals surface area (Å²) < 4.78 is 1.97. The first-order valence-electron chi connectivity index (χ1n) is 8.58. The number of hydrogen-bond donors (Lipinski definition) is 1. The van der Waals surface area contributed by atoms with Gasteiger partial charge in [0.05, 0.1) is 5.69 Å². The SMILES string of the molecule is C/C=C(\N=C(C)N1CCCCC1)n1c(N)nc(C(C)(C)C)c1C. The highest BCUT2D eigenvalue weighted by molar-refractivity contribution is 5.84. The van der Waals surface area contributed by atoms with Gasteiger partial charge in [0.1, 0.15) is 11.7 Å². The Kier molecular flexibility index (Phi) is 5.17. The Hall–Kier alpha value is -1.78. The Bertz CT molecular complexity index is 610. The first-order chi connectivity index (χ1) is 10.8. The number of likely N-dealkylation sites (tertiary alicyclic amines) is 1. The summed E-state index contributed by atoms with van der Waals surface area (Å²) in [5.41, 5.74) is 8.26. The zero-order valence-electron chi connectivity index (χ0n) is 15.5. The third kappa shape index (κ3) is 3.77. The molecule has 5 nitrogen and oxygen atoms in total. The number of hydrogen-bond acceptors (Lipinski definition) is 3. The first kappa shape index (κ1) is 17.6. The van der Waals surface area contributed by atoms with Gasteiger partial charge in [-0.2, -0.15) is 0 Å². The number of rotatable bonds is 2. The lowest BCUT2D eigenvalue weighted by Crippen LogP contribution is -2.34. The van der Waals surface area contributed by atoms with Crippen LogP contribution in [0.5, 0.6) is 0 Å². The largest absolute Gasteiger partial charge is 0.369 e. The predicted octanol–water partition coefficient (Wildman–Crippen LogP) is 3.79. The van der Waals surface area contributed by atoms with Gasteiger partial charge < -0.3 is 10.6 Å². The normalized spacial score (nSPS) is 17.7. The third-order valence-electron chi connectivity index (χ3n) is 4.42. The quantitative estimate of drug-likeness (QED) is 0.667. The maximum Gasteiger partial charge on any atom is 0.206 e. The molecular formula is C18H31N5. The molecule has 2 heterocycles. The van der Waals surface area contributed by atoms with Crippen LogP contribution in [0, 0.1) is 6.92 Å². The van der Waals surface area contributed by atoms with Crippen molar-refractivity contribution in [3.8, 4) is 0 Å². The summed E-state index contributed by atoms with van der Waals surface area (Å²) in [5.74, 6) is 2.42. The zero-order valence-corrected chi connectivity index (χ0v) is 15.5. The molecule has 1 saturated heterocycles. The molecule has 2 N–H and O–H groups in total. The van der Waals surface area contributed by atoms with Gasteiger partial charge in [-0.1, -0.05) is 20.8 Å². The molecule has 0 radical (unpaired) electrons. The first-order valence-corrected chi connectivity index (χ1v) is 8.58. The molecule has 0 bridgehead atoms. The van der Waals surface area contributed by atoms with E-state index in [2.05, 4.69) is 44.5 Å². The van der Waals surface area contributed by atoms with Gasteiger partial charge in [-0.05, 0) is 46.1 Å². The van der Waals surface area contributed by atoms with E-state index in [9.17, 15) is 0 Å². The van der Waals surface area contributed by atoms with E-state index >= 15 is 0 Å². The Morgan fingerprint density at radius 2 is 1.83 bits per heavy atom. The summed E-state index contributed by atoms with van der Waals surface area (Å²) in [6.07, 6.45) is 5.82. The van der Waals surface area contributed by atoms with Crippen LogP contribution in [0.25, 0.3) is 5.82 Å². The number of nitrogens with zero attached hydrogens (tertiary/aromatic N) is 4. The predicted molar refractivity (Wildman–Crippen MR) is 98.6 cm³/mol. The minimum atomic E-state index is -0.0338. The monoisotopic (exact) mass is 317 g/mol. The molecule has 5 heteroatoms.